The molecule has 0 unspecified atom stereocenters. The van der Waals surface area contributed by atoms with Crippen molar-refractivity contribution in [2.45, 2.75) is 37.9 Å². The first kappa shape index (κ1) is 21.0. The van der Waals surface area contributed by atoms with E-state index in [9.17, 15) is 19.8 Å². The van der Waals surface area contributed by atoms with Crippen molar-refractivity contribution in [2.24, 2.45) is 0 Å². The molecule has 0 saturated carbocycles. The van der Waals surface area contributed by atoms with Crippen LogP contribution in [-0.2, 0) is 17.8 Å². The van der Waals surface area contributed by atoms with Gasteiger partial charge in [0.2, 0.25) is 0 Å². The molecule has 2 heterocycles. The standard InChI is InChI=1S/C23H24N2O6/c26-13-20-19(27)11-21(31-20)25-12-17(22(28)24-23(25)29)9-16-7-4-8-18(10-16)30-14-15-5-2-1-3-6-15/h1-8,10,12,19-21,26-27H,9,11,13-14H2,(H,24,28,29)/t19-,20+,21+/m0/s1. The Kier molecular flexibility index (Phi) is 6.31. The van der Waals surface area contributed by atoms with Crippen LogP contribution in [0.4, 0.5) is 0 Å². The van der Waals surface area contributed by atoms with Crippen molar-refractivity contribution in [3.63, 3.8) is 0 Å². The van der Waals surface area contributed by atoms with E-state index in [0.717, 1.165) is 11.1 Å². The number of hydrogen-bond donors (Lipinski definition) is 3. The number of aliphatic hydroxyl groups excluding tert-OH is 2. The van der Waals surface area contributed by atoms with Gasteiger partial charge in [0.1, 0.15) is 24.7 Å². The van der Waals surface area contributed by atoms with Crippen LogP contribution in [0.25, 0.3) is 0 Å². The zero-order chi connectivity index (χ0) is 21.8. The maximum atomic E-state index is 12.4. The summed E-state index contributed by atoms with van der Waals surface area (Å²) in [5.74, 6) is 0.680. The van der Waals surface area contributed by atoms with Crippen LogP contribution in [0.5, 0.6) is 5.75 Å². The zero-order valence-corrected chi connectivity index (χ0v) is 16.8. The largest absolute Gasteiger partial charge is 0.489 e. The van der Waals surface area contributed by atoms with Gasteiger partial charge in [-0.2, -0.15) is 0 Å². The Bertz CT molecular complexity index is 1140. The van der Waals surface area contributed by atoms with E-state index in [0.29, 0.717) is 17.9 Å². The summed E-state index contributed by atoms with van der Waals surface area (Å²) < 4.78 is 12.7. The molecule has 1 aliphatic heterocycles. The molecule has 8 heteroatoms. The van der Waals surface area contributed by atoms with E-state index in [1.54, 1.807) is 0 Å². The van der Waals surface area contributed by atoms with Crippen molar-refractivity contribution in [1.82, 2.24) is 9.55 Å². The van der Waals surface area contributed by atoms with Crippen molar-refractivity contribution < 1.29 is 19.7 Å². The lowest BCUT2D eigenvalue weighted by Crippen LogP contribution is -2.34. The molecule has 0 aliphatic carbocycles. The van der Waals surface area contributed by atoms with Gasteiger partial charge in [-0.05, 0) is 23.3 Å². The third-order valence-corrected chi connectivity index (χ3v) is 5.28. The fourth-order valence-electron chi connectivity index (χ4n) is 3.62. The highest BCUT2D eigenvalue weighted by atomic mass is 16.5. The van der Waals surface area contributed by atoms with Crippen LogP contribution in [0.1, 0.15) is 29.3 Å². The second-order valence-electron chi connectivity index (χ2n) is 7.53. The van der Waals surface area contributed by atoms with Crippen molar-refractivity contribution in [1.29, 1.82) is 0 Å². The molecular formula is C23H24N2O6. The molecule has 31 heavy (non-hydrogen) atoms. The second kappa shape index (κ2) is 9.30. The molecule has 0 radical (unpaired) electrons. The van der Waals surface area contributed by atoms with Crippen molar-refractivity contribution in [2.75, 3.05) is 6.61 Å². The topological polar surface area (TPSA) is 114 Å². The molecular weight excluding hydrogens is 400 g/mol. The molecule has 8 nitrogen and oxygen atoms in total. The van der Waals surface area contributed by atoms with E-state index in [4.69, 9.17) is 9.47 Å². The van der Waals surface area contributed by atoms with Gasteiger partial charge in [0.25, 0.3) is 5.56 Å². The molecule has 3 aromatic rings. The number of H-pyrrole nitrogens is 1. The summed E-state index contributed by atoms with van der Waals surface area (Å²) >= 11 is 0. The highest BCUT2D eigenvalue weighted by Crippen LogP contribution is 2.27. The predicted molar refractivity (Wildman–Crippen MR) is 113 cm³/mol. The molecule has 0 amide bonds. The molecule has 1 saturated heterocycles. The summed E-state index contributed by atoms with van der Waals surface area (Å²) in [6, 6.07) is 17.2. The Morgan fingerprint density at radius 1 is 1.10 bits per heavy atom. The molecule has 3 N–H and O–H groups in total. The van der Waals surface area contributed by atoms with Crippen molar-refractivity contribution >= 4 is 0 Å². The summed E-state index contributed by atoms with van der Waals surface area (Å²) in [6.07, 6.45) is -0.497. The number of ether oxygens (including phenoxy) is 2. The number of nitrogens with zero attached hydrogens (tertiary/aromatic N) is 1. The maximum Gasteiger partial charge on any atom is 0.330 e. The van der Waals surface area contributed by atoms with Gasteiger partial charge in [0, 0.05) is 24.6 Å². The quantitative estimate of drug-likeness (QED) is 0.528. The maximum absolute atomic E-state index is 12.4. The van der Waals surface area contributed by atoms with Crippen LogP contribution >= 0.6 is 0 Å². The Labute approximate surface area is 178 Å². The van der Waals surface area contributed by atoms with E-state index in [-0.39, 0.29) is 19.4 Å². The number of aromatic amines is 1. The average Bonchev–Trinajstić information content (AvgIpc) is 3.15. The van der Waals surface area contributed by atoms with E-state index in [2.05, 4.69) is 4.98 Å². The first-order valence-electron chi connectivity index (χ1n) is 10.1. The van der Waals surface area contributed by atoms with Crippen LogP contribution in [0, 0.1) is 0 Å². The van der Waals surface area contributed by atoms with Gasteiger partial charge in [-0.15, -0.1) is 0 Å². The first-order chi connectivity index (χ1) is 15.0. The molecule has 4 rings (SSSR count). The number of benzene rings is 2. The summed E-state index contributed by atoms with van der Waals surface area (Å²) in [4.78, 5) is 26.9. The van der Waals surface area contributed by atoms with Crippen LogP contribution in [0.3, 0.4) is 0 Å². The Morgan fingerprint density at radius 2 is 1.87 bits per heavy atom. The van der Waals surface area contributed by atoms with Crippen LogP contribution in [0.2, 0.25) is 0 Å². The van der Waals surface area contributed by atoms with Crippen LogP contribution in [-0.4, -0.2) is 38.6 Å². The fraction of sp³-hybridized carbons (Fsp3) is 0.304. The molecule has 1 fully saturated rings. The van der Waals surface area contributed by atoms with Crippen LogP contribution < -0.4 is 16.0 Å². The highest BCUT2D eigenvalue weighted by Gasteiger charge is 2.35. The predicted octanol–water partition coefficient (Wildman–Crippen LogP) is 1.35. The minimum Gasteiger partial charge on any atom is -0.489 e. The van der Waals surface area contributed by atoms with E-state index in [1.807, 2.05) is 54.6 Å². The van der Waals surface area contributed by atoms with Gasteiger partial charge in [0.15, 0.2) is 0 Å². The van der Waals surface area contributed by atoms with Gasteiger partial charge < -0.3 is 19.7 Å². The number of rotatable bonds is 7. The smallest absolute Gasteiger partial charge is 0.330 e. The lowest BCUT2D eigenvalue weighted by molar-refractivity contribution is -0.0459. The minimum absolute atomic E-state index is 0.152. The van der Waals surface area contributed by atoms with Crippen molar-refractivity contribution in [3.05, 3.63) is 98.3 Å². The summed E-state index contributed by atoms with van der Waals surface area (Å²) in [5, 5.41) is 19.2. The molecule has 0 spiro atoms. The van der Waals surface area contributed by atoms with Crippen molar-refractivity contribution in [3.8, 4) is 5.75 Å². The molecule has 3 atom stereocenters. The molecule has 2 aromatic carbocycles. The molecule has 0 bridgehead atoms. The number of nitrogens with one attached hydrogen (secondary N) is 1. The Balaban J connectivity index is 1.51. The van der Waals surface area contributed by atoms with E-state index < -0.39 is 29.7 Å². The monoisotopic (exact) mass is 424 g/mol. The number of aliphatic hydroxyl groups is 2. The fourth-order valence-corrected chi connectivity index (χ4v) is 3.62. The average molecular weight is 424 g/mol. The Hall–Kier alpha value is -3.20. The normalized spacial score (nSPS) is 20.6. The third kappa shape index (κ3) is 4.93. The lowest BCUT2D eigenvalue weighted by atomic mass is 10.1. The number of aromatic nitrogens is 2. The summed E-state index contributed by atoms with van der Waals surface area (Å²) in [5.41, 5.74) is 1.18. The Morgan fingerprint density at radius 3 is 2.61 bits per heavy atom. The summed E-state index contributed by atoms with van der Waals surface area (Å²) in [6.45, 7) is 0.0848. The van der Waals surface area contributed by atoms with Gasteiger partial charge in [-0.1, -0.05) is 42.5 Å². The van der Waals surface area contributed by atoms with Gasteiger partial charge >= 0.3 is 5.69 Å². The molecule has 1 aliphatic rings. The summed E-state index contributed by atoms with van der Waals surface area (Å²) in [7, 11) is 0. The van der Waals surface area contributed by atoms with E-state index in [1.165, 1.54) is 10.8 Å². The van der Waals surface area contributed by atoms with Gasteiger partial charge in [0.05, 0.1) is 12.7 Å². The van der Waals surface area contributed by atoms with Gasteiger partial charge in [-0.3, -0.25) is 14.3 Å². The zero-order valence-electron chi connectivity index (χ0n) is 16.8. The highest BCUT2D eigenvalue weighted by molar-refractivity contribution is 5.32. The minimum atomic E-state index is -0.879. The number of hydrogen-bond acceptors (Lipinski definition) is 6. The van der Waals surface area contributed by atoms with Gasteiger partial charge in [-0.25, -0.2) is 4.79 Å². The second-order valence-corrected chi connectivity index (χ2v) is 7.53. The SMILES string of the molecule is O=c1[nH]c(=O)n([C@H]2C[C@H](O)[C@@H](CO)O2)cc1Cc1cccc(OCc2ccccc2)c1. The van der Waals surface area contributed by atoms with E-state index >= 15 is 0 Å². The third-order valence-electron chi connectivity index (χ3n) is 5.28. The van der Waals surface area contributed by atoms with Crippen LogP contribution in [0.15, 0.2) is 70.4 Å². The molecule has 1 aromatic heterocycles. The molecule has 162 valence electrons. The first-order valence-corrected chi connectivity index (χ1v) is 10.1. The lowest BCUT2D eigenvalue weighted by Gasteiger charge is -2.15.